The number of amides is 1. The topological polar surface area (TPSA) is 228 Å². The van der Waals surface area contributed by atoms with Crippen LogP contribution in [-0.4, -0.2) is 140 Å². The van der Waals surface area contributed by atoms with Crippen LogP contribution in [0.25, 0.3) is 0 Å². The monoisotopic (exact) mass is 1330 g/mol. The first-order chi connectivity index (χ1) is 46.6. The Morgan fingerprint density at radius 3 is 1.16 bits per heavy atom. The largest absolute Gasteiger partial charge is 0.394 e. The van der Waals surface area contributed by atoms with Crippen molar-refractivity contribution in [2.24, 2.45) is 0 Å². The van der Waals surface area contributed by atoms with E-state index in [0.29, 0.717) is 12.8 Å². The van der Waals surface area contributed by atoms with Crippen molar-refractivity contribution in [1.29, 1.82) is 0 Å². The molecule has 0 spiro atoms. The predicted molar refractivity (Wildman–Crippen MR) is 391 cm³/mol. The number of hydrogen-bond donors (Lipinski definition) is 9. The fourth-order valence-corrected chi connectivity index (χ4v) is 11.6. The molecular formula is C81H137NO13. The fraction of sp³-hybridized carbons (Fsp3) is 0.716. The van der Waals surface area contributed by atoms with Gasteiger partial charge in [0.15, 0.2) is 12.6 Å². The zero-order valence-electron chi connectivity index (χ0n) is 59.4. The molecular weight excluding hydrogens is 1190 g/mol. The minimum absolute atomic E-state index is 0.242. The molecule has 2 saturated heterocycles. The van der Waals surface area contributed by atoms with Crippen LogP contribution in [0.1, 0.15) is 277 Å². The highest BCUT2D eigenvalue weighted by molar-refractivity contribution is 5.76. The van der Waals surface area contributed by atoms with E-state index in [1.807, 2.05) is 6.08 Å². The van der Waals surface area contributed by atoms with E-state index in [4.69, 9.17) is 18.9 Å². The molecule has 2 rings (SSSR count). The summed E-state index contributed by atoms with van der Waals surface area (Å²) in [7, 11) is 0. The second-order valence-electron chi connectivity index (χ2n) is 26.0. The molecule has 0 aromatic carbocycles. The predicted octanol–water partition coefficient (Wildman–Crippen LogP) is 16.6. The van der Waals surface area contributed by atoms with Crippen LogP contribution in [0.3, 0.4) is 0 Å². The molecule has 14 heteroatoms. The lowest BCUT2D eigenvalue weighted by molar-refractivity contribution is -0.359. The number of rotatable bonds is 61. The third kappa shape index (κ3) is 46.9. The Morgan fingerprint density at radius 1 is 0.389 bits per heavy atom. The highest BCUT2D eigenvalue weighted by Crippen LogP contribution is 2.30. The van der Waals surface area contributed by atoms with E-state index in [-0.39, 0.29) is 18.9 Å². The first-order valence-corrected chi connectivity index (χ1v) is 37.9. The van der Waals surface area contributed by atoms with Crippen LogP contribution in [0.2, 0.25) is 0 Å². The smallest absolute Gasteiger partial charge is 0.220 e. The van der Waals surface area contributed by atoms with Gasteiger partial charge in [-0.15, -0.1) is 0 Å². The number of nitrogens with one attached hydrogen (secondary N) is 1. The van der Waals surface area contributed by atoms with Crippen molar-refractivity contribution in [3.63, 3.8) is 0 Å². The summed E-state index contributed by atoms with van der Waals surface area (Å²) in [6.07, 6.45) is 78.0. The van der Waals surface area contributed by atoms with Gasteiger partial charge in [0.1, 0.15) is 48.8 Å². The van der Waals surface area contributed by atoms with Crippen molar-refractivity contribution < 1.29 is 64.6 Å². The maximum atomic E-state index is 13.4. The van der Waals surface area contributed by atoms with Crippen LogP contribution in [0.15, 0.2) is 134 Å². The third-order valence-electron chi connectivity index (χ3n) is 17.6. The number of aliphatic hydroxyl groups excluding tert-OH is 8. The van der Waals surface area contributed by atoms with Gasteiger partial charge in [-0.05, 0) is 103 Å². The molecule has 0 aromatic rings. The van der Waals surface area contributed by atoms with Crippen LogP contribution in [0.5, 0.6) is 0 Å². The van der Waals surface area contributed by atoms with Gasteiger partial charge in [0.25, 0.3) is 0 Å². The fourth-order valence-electron chi connectivity index (χ4n) is 11.6. The van der Waals surface area contributed by atoms with E-state index in [2.05, 4.69) is 141 Å². The van der Waals surface area contributed by atoms with E-state index >= 15 is 0 Å². The van der Waals surface area contributed by atoms with Gasteiger partial charge in [0.2, 0.25) is 5.91 Å². The zero-order valence-corrected chi connectivity index (χ0v) is 59.4. The molecule has 0 saturated carbocycles. The number of carbonyl (C=O) groups is 1. The Bertz CT molecular complexity index is 2110. The molecule has 0 aliphatic carbocycles. The van der Waals surface area contributed by atoms with E-state index in [0.717, 1.165) is 103 Å². The number of allylic oxidation sites excluding steroid dienone is 21. The minimum Gasteiger partial charge on any atom is -0.394 e. The molecule has 2 fully saturated rings. The highest BCUT2D eigenvalue weighted by atomic mass is 16.7. The molecule has 544 valence electrons. The summed E-state index contributed by atoms with van der Waals surface area (Å²) in [6, 6.07) is -0.955. The van der Waals surface area contributed by atoms with Gasteiger partial charge in [-0.3, -0.25) is 4.79 Å². The minimum atomic E-state index is -1.80. The second kappa shape index (κ2) is 63.6. The van der Waals surface area contributed by atoms with Crippen molar-refractivity contribution in [2.75, 3.05) is 19.8 Å². The standard InChI is InChI=1S/C81H137NO13/c1-3-5-7-9-11-13-15-17-19-21-23-25-27-29-31-33-34-35-36-37-39-41-43-45-47-49-51-53-55-57-59-61-63-65-73(86)82-69(68-92-80-78(91)76(89)79(72(67-84)94-80)95-81-77(90)75(88)74(87)71(66-83)93-81)70(85)64-62-60-58-56-54-52-50-48-46-44-42-40-38-32-30-28-26-24-22-20-18-16-14-12-10-8-6-4-2/h5,7,11,13,17,19,23,25,29,31,34-35,37,39,43,45,49,51,54,56,62,64,69-72,74-81,83-85,87-91H,3-4,6,8-10,12,14-16,18,20-22,24,26-28,30,32-33,36,38,40-42,44,46-48,50,52-53,55,57-61,63,65-68H2,1-2H3,(H,82,86)/b7-5-,13-11-,19-17-,25-23-,31-29-,35-34-,39-37-,45-43-,51-49-,56-54+,64-62+. The SMILES string of the molecule is CC/C=C\C/C=C\C/C=C\C/C=C\C/C=C\C/C=C\C/C=C\C/C=C\C/C=C\CCCCCCCC(=O)NC(COC1OC(CO)C(OC2OC(CO)C(O)C(O)C2O)C(O)C1O)C(O)/C=C/CC/C=C/CCCCCCCCCCCCCCCCCCCCCCCC. The molecule has 0 radical (unpaired) electrons. The number of ether oxygens (including phenoxy) is 4. The average molecular weight is 1330 g/mol. The molecule has 0 bridgehead atoms. The van der Waals surface area contributed by atoms with Crippen LogP contribution >= 0.6 is 0 Å². The Hall–Kier alpha value is -3.87. The van der Waals surface area contributed by atoms with Gasteiger partial charge in [-0.1, -0.05) is 302 Å². The quantitative estimate of drug-likeness (QED) is 0.0204. The van der Waals surface area contributed by atoms with Crippen molar-refractivity contribution in [2.45, 2.75) is 351 Å². The molecule has 2 aliphatic heterocycles. The van der Waals surface area contributed by atoms with Crippen LogP contribution in [0, 0.1) is 0 Å². The lowest BCUT2D eigenvalue weighted by Gasteiger charge is -2.46. The van der Waals surface area contributed by atoms with E-state index < -0.39 is 86.8 Å². The number of hydrogen-bond acceptors (Lipinski definition) is 13. The maximum absolute atomic E-state index is 13.4. The summed E-state index contributed by atoms with van der Waals surface area (Å²) in [5.74, 6) is -0.271. The average Bonchev–Trinajstić information content (AvgIpc) is 0.801. The Balaban J connectivity index is 1.69. The molecule has 12 atom stereocenters. The lowest BCUT2D eigenvalue weighted by atomic mass is 9.97. The summed E-state index contributed by atoms with van der Waals surface area (Å²) in [5, 5.41) is 87.5. The molecule has 0 aromatic heterocycles. The van der Waals surface area contributed by atoms with Gasteiger partial charge >= 0.3 is 0 Å². The summed E-state index contributed by atoms with van der Waals surface area (Å²) in [5.41, 5.74) is 0. The maximum Gasteiger partial charge on any atom is 0.220 e. The molecule has 12 unspecified atom stereocenters. The molecule has 1 amide bonds. The van der Waals surface area contributed by atoms with Crippen LogP contribution < -0.4 is 5.32 Å². The van der Waals surface area contributed by atoms with Crippen LogP contribution in [-0.2, 0) is 23.7 Å². The van der Waals surface area contributed by atoms with Crippen molar-refractivity contribution in [1.82, 2.24) is 5.32 Å². The van der Waals surface area contributed by atoms with Crippen LogP contribution in [0.4, 0.5) is 0 Å². The first kappa shape index (κ1) is 87.2. The van der Waals surface area contributed by atoms with E-state index in [1.165, 1.54) is 141 Å². The molecule has 14 nitrogen and oxygen atoms in total. The summed E-state index contributed by atoms with van der Waals surface area (Å²) in [4.78, 5) is 13.4. The second-order valence-corrected chi connectivity index (χ2v) is 26.0. The zero-order chi connectivity index (χ0) is 68.7. The molecule has 9 N–H and O–H groups in total. The van der Waals surface area contributed by atoms with Crippen molar-refractivity contribution in [3.05, 3.63) is 134 Å². The van der Waals surface area contributed by atoms with Gasteiger partial charge < -0.3 is 65.1 Å². The Morgan fingerprint density at radius 2 is 0.737 bits per heavy atom. The highest BCUT2D eigenvalue weighted by Gasteiger charge is 2.51. The molecule has 95 heavy (non-hydrogen) atoms. The Labute approximate surface area is 577 Å². The van der Waals surface area contributed by atoms with Gasteiger partial charge in [0, 0.05) is 6.42 Å². The van der Waals surface area contributed by atoms with Gasteiger partial charge in [0.05, 0.1) is 32.0 Å². The third-order valence-corrected chi connectivity index (χ3v) is 17.6. The van der Waals surface area contributed by atoms with Gasteiger partial charge in [-0.2, -0.15) is 0 Å². The van der Waals surface area contributed by atoms with Gasteiger partial charge in [-0.25, -0.2) is 0 Å². The van der Waals surface area contributed by atoms with Crippen molar-refractivity contribution >= 4 is 5.91 Å². The lowest BCUT2D eigenvalue weighted by Crippen LogP contribution is -2.65. The molecule has 2 aliphatic rings. The van der Waals surface area contributed by atoms with E-state index in [9.17, 15) is 45.6 Å². The molecule has 2 heterocycles. The number of carbonyl (C=O) groups excluding carboxylic acids is 1. The van der Waals surface area contributed by atoms with E-state index in [1.54, 1.807) is 6.08 Å². The van der Waals surface area contributed by atoms with Crippen molar-refractivity contribution in [3.8, 4) is 0 Å². The Kier molecular flexibility index (Phi) is 58.4. The normalized spacial score (nSPS) is 23.1. The summed E-state index contributed by atoms with van der Waals surface area (Å²) < 4.78 is 22.9. The summed E-state index contributed by atoms with van der Waals surface area (Å²) >= 11 is 0. The first-order valence-electron chi connectivity index (χ1n) is 37.9. The summed E-state index contributed by atoms with van der Waals surface area (Å²) in [6.45, 7) is 2.67. The number of unbranched alkanes of at least 4 members (excludes halogenated alkanes) is 28. The number of aliphatic hydroxyl groups is 8.